The van der Waals surface area contributed by atoms with Gasteiger partial charge in [-0.25, -0.2) is 0 Å². The smallest absolute Gasteiger partial charge is 0.0171 e. The van der Waals surface area contributed by atoms with Crippen molar-refractivity contribution >= 4 is 0 Å². The van der Waals surface area contributed by atoms with Crippen molar-refractivity contribution in [3.8, 4) is 11.1 Å². The minimum Gasteiger partial charge on any atom is -0.0804 e. The Morgan fingerprint density at radius 1 is 0.864 bits per heavy atom. The molecule has 2 aromatic rings. The minimum absolute atomic E-state index is 0.330. The van der Waals surface area contributed by atoms with E-state index in [0.717, 1.165) is 12.8 Å². The van der Waals surface area contributed by atoms with E-state index in [1.165, 1.54) is 36.0 Å². The summed E-state index contributed by atoms with van der Waals surface area (Å²) in [5.74, 6) is 0. The summed E-state index contributed by atoms with van der Waals surface area (Å²) in [5.41, 5.74) is 9.61. The largest absolute Gasteiger partial charge is 0.0804 e. The van der Waals surface area contributed by atoms with Crippen LogP contribution in [0.5, 0.6) is 0 Å². The summed E-state index contributed by atoms with van der Waals surface area (Å²) >= 11 is 0. The van der Waals surface area contributed by atoms with Crippen LogP contribution >= 0.6 is 0 Å². The average molecular weight is 284 g/mol. The lowest BCUT2D eigenvalue weighted by Gasteiger charge is -2.45. The zero-order valence-corrected chi connectivity index (χ0v) is 12.8. The third kappa shape index (κ3) is 1.53. The molecule has 3 aliphatic carbocycles. The molecule has 0 spiro atoms. The van der Waals surface area contributed by atoms with Gasteiger partial charge in [-0.15, -0.1) is 0 Å². The van der Waals surface area contributed by atoms with Gasteiger partial charge in [0.1, 0.15) is 0 Å². The van der Waals surface area contributed by atoms with Gasteiger partial charge in [0.2, 0.25) is 0 Å². The Bertz CT molecular complexity index is 816. The maximum absolute atomic E-state index is 2.41. The standard InChI is InChI=1S/C22H20/c1-4-10-18-16(7-1)15-20-19(18)11-5-12-21(20)22(13-6-14-22)17-8-2-3-9-17/h1-5,7-8,10-12H,6,9,13-15H2. The van der Waals surface area contributed by atoms with Gasteiger partial charge in [0.25, 0.3) is 0 Å². The van der Waals surface area contributed by atoms with Gasteiger partial charge in [-0.1, -0.05) is 72.7 Å². The molecule has 0 atom stereocenters. The third-order valence-corrected chi connectivity index (χ3v) is 5.96. The van der Waals surface area contributed by atoms with E-state index in [4.69, 9.17) is 0 Å². The van der Waals surface area contributed by atoms with Gasteiger partial charge in [-0.05, 0) is 53.5 Å². The molecule has 0 saturated heterocycles. The van der Waals surface area contributed by atoms with Crippen LogP contribution in [0.25, 0.3) is 11.1 Å². The first-order valence-corrected chi connectivity index (χ1v) is 8.45. The lowest BCUT2D eigenvalue weighted by Crippen LogP contribution is -2.36. The molecule has 3 aliphatic rings. The molecule has 0 radical (unpaired) electrons. The first kappa shape index (κ1) is 12.5. The van der Waals surface area contributed by atoms with Gasteiger partial charge in [0, 0.05) is 5.41 Å². The maximum atomic E-state index is 2.41. The molecule has 0 N–H and O–H groups in total. The topological polar surface area (TPSA) is 0 Å². The Balaban J connectivity index is 1.69. The van der Waals surface area contributed by atoms with Gasteiger partial charge >= 0.3 is 0 Å². The summed E-state index contributed by atoms with van der Waals surface area (Å²) < 4.78 is 0. The molecule has 0 heterocycles. The van der Waals surface area contributed by atoms with E-state index in [9.17, 15) is 0 Å². The van der Waals surface area contributed by atoms with Crippen LogP contribution in [0.1, 0.15) is 42.4 Å². The first-order chi connectivity index (χ1) is 10.9. The highest BCUT2D eigenvalue weighted by molar-refractivity contribution is 5.78. The molecule has 1 fully saturated rings. The number of benzene rings is 2. The fraction of sp³-hybridized carbons (Fsp3) is 0.273. The van der Waals surface area contributed by atoms with Gasteiger partial charge < -0.3 is 0 Å². The van der Waals surface area contributed by atoms with E-state index in [2.05, 4.69) is 60.7 Å². The first-order valence-electron chi connectivity index (χ1n) is 8.45. The predicted octanol–water partition coefficient (Wildman–Crippen LogP) is 5.57. The van der Waals surface area contributed by atoms with Crippen molar-refractivity contribution in [1.82, 2.24) is 0 Å². The highest BCUT2D eigenvalue weighted by Crippen LogP contribution is 2.54. The third-order valence-electron chi connectivity index (χ3n) is 5.96. The molecule has 0 amide bonds. The second kappa shape index (κ2) is 4.46. The lowest BCUT2D eigenvalue weighted by molar-refractivity contribution is 0.290. The van der Waals surface area contributed by atoms with Crippen LogP contribution < -0.4 is 0 Å². The molecule has 22 heavy (non-hydrogen) atoms. The summed E-state index contributed by atoms with van der Waals surface area (Å²) in [4.78, 5) is 0. The van der Waals surface area contributed by atoms with Crippen molar-refractivity contribution in [3.63, 3.8) is 0 Å². The van der Waals surface area contributed by atoms with E-state index in [1.807, 2.05) is 0 Å². The molecule has 1 saturated carbocycles. The highest BCUT2D eigenvalue weighted by atomic mass is 14.5. The maximum Gasteiger partial charge on any atom is 0.0171 e. The SMILES string of the molecule is C1=CCC(C2(c3cccc4c3Cc3ccccc3-4)CCC2)=C1. The Morgan fingerprint density at radius 3 is 2.50 bits per heavy atom. The summed E-state index contributed by atoms with van der Waals surface area (Å²) in [6, 6.07) is 15.9. The van der Waals surface area contributed by atoms with Crippen LogP contribution in [0.15, 0.2) is 66.3 Å². The number of rotatable bonds is 2. The Labute approximate surface area is 132 Å². The average Bonchev–Trinajstić information content (AvgIpc) is 3.14. The van der Waals surface area contributed by atoms with E-state index >= 15 is 0 Å². The lowest BCUT2D eigenvalue weighted by atomic mass is 9.58. The summed E-state index contributed by atoms with van der Waals surface area (Å²) in [6.07, 6.45) is 13.2. The normalized spacial score (nSPS) is 20.3. The van der Waals surface area contributed by atoms with E-state index in [1.54, 1.807) is 16.7 Å². The number of fused-ring (bicyclic) bond motifs is 3. The predicted molar refractivity (Wildman–Crippen MR) is 92.1 cm³/mol. The molecule has 0 unspecified atom stereocenters. The van der Waals surface area contributed by atoms with Crippen LogP contribution in [0.2, 0.25) is 0 Å². The second-order valence-electron chi connectivity index (χ2n) is 6.93. The molecule has 108 valence electrons. The van der Waals surface area contributed by atoms with Crippen molar-refractivity contribution in [2.24, 2.45) is 0 Å². The van der Waals surface area contributed by atoms with Gasteiger partial charge in [0.05, 0.1) is 0 Å². The Morgan fingerprint density at radius 2 is 1.73 bits per heavy atom. The second-order valence-corrected chi connectivity index (χ2v) is 6.93. The summed E-state index contributed by atoms with van der Waals surface area (Å²) in [5, 5.41) is 0. The monoisotopic (exact) mass is 284 g/mol. The molecule has 0 nitrogen and oxygen atoms in total. The Kier molecular flexibility index (Phi) is 2.52. The van der Waals surface area contributed by atoms with E-state index in [-0.39, 0.29) is 0 Å². The summed E-state index contributed by atoms with van der Waals surface area (Å²) in [7, 11) is 0. The Hall–Kier alpha value is -2.08. The quantitative estimate of drug-likeness (QED) is 0.577. The van der Waals surface area contributed by atoms with Crippen molar-refractivity contribution < 1.29 is 0 Å². The number of allylic oxidation sites excluding steroid dienone is 4. The molecule has 0 aliphatic heterocycles. The van der Waals surface area contributed by atoms with Gasteiger partial charge in [-0.2, -0.15) is 0 Å². The van der Waals surface area contributed by atoms with Crippen molar-refractivity contribution in [3.05, 3.63) is 83.0 Å². The highest BCUT2D eigenvalue weighted by Gasteiger charge is 2.43. The number of hydrogen-bond acceptors (Lipinski definition) is 0. The zero-order valence-electron chi connectivity index (χ0n) is 12.8. The van der Waals surface area contributed by atoms with Crippen LogP contribution in [-0.4, -0.2) is 0 Å². The molecule has 0 heteroatoms. The van der Waals surface area contributed by atoms with Crippen LogP contribution in [-0.2, 0) is 11.8 Å². The van der Waals surface area contributed by atoms with Crippen molar-refractivity contribution in [1.29, 1.82) is 0 Å². The van der Waals surface area contributed by atoms with Crippen molar-refractivity contribution in [2.45, 2.75) is 37.5 Å². The molecular weight excluding hydrogens is 264 g/mol. The van der Waals surface area contributed by atoms with Crippen molar-refractivity contribution in [2.75, 3.05) is 0 Å². The van der Waals surface area contributed by atoms with Crippen LogP contribution in [0.4, 0.5) is 0 Å². The molecular formula is C22H20. The molecule has 0 bridgehead atoms. The van der Waals surface area contributed by atoms with E-state index in [0.29, 0.717) is 5.41 Å². The zero-order chi connectivity index (χ0) is 14.6. The molecule has 5 rings (SSSR count). The minimum atomic E-state index is 0.330. The molecule has 2 aromatic carbocycles. The van der Waals surface area contributed by atoms with Crippen LogP contribution in [0, 0.1) is 0 Å². The van der Waals surface area contributed by atoms with Gasteiger partial charge in [0.15, 0.2) is 0 Å². The summed E-state index contributed by atoms with van der Waals surface area (Å²) in [6.45, 7) is 0. The molecule has 0 aromatic heterocycles. The number of hydrogen-bond donors (Lipinski definition) is 0. The van der Waals surface area contributed by atoms with E-state index < -0.39 is 0 Å². The van der Waals surface area contributed by atoms with Gasteiger partial charge in [-0.3, -0.25) is 0 Å². The fourth-order valence-electron chi connectivity index (χ4n) is 4.70. The fourth-order valence-corrected chi connectivity index (χ4v) is 4.70. The van der Waals surface area contributed by atoms with Crippen LogP contribution in [0.3, 0.4) is 0 Å².